The number of carbonyl (C=O) groups excluding carboxylic acids is 2. The maximum Gasteiger partial charge on any atom is 0.331 e. The molecule has 1 unspecified atom stereocenters. The third-order valence-electron chi connectivity index (χ3n) is 6.49. The first kappa shape index (κ1) is 25.5. The molecule has 2 heterocycles. The van der Waals surface area contributed by atoms with Crippen molar-refractivity contribution < 1.29 is 23.8 Å². The fourth-order valence-electron chi connectivity index (χ4n) is 4.55. The van der Waals surface area contributed by atoms with Gasteiger partial charge in [-0.05, 0) is 54.7 Å². The molecule has 3 aromatic carbocycles. The highest BCUT2D eigenvalue weighted by atomic mass is 32.1. The molecular weight excluding hydrogens is 500 g/mol. The lowest BCUT2D eigenvalue weighted by molar-refractivity contribution is -0.147. The van der Waals surface area contributed by atoms with Crippen LogP contribution in [-0.4, -0.2) is 29.5 Å². The number of rotatable bonds is 8. The summed E-state index contributed by atoms with van der Waals surface area (Å²) in [6.45, 7) is 1.65. The zero-order chi connectivity index (χ0) is 26.5. The van der Waals surface area contributed by atoms with Gasteiger partial charge in [0.2, 0.25) is 0 Å². The van der Waals surface area contributed by atoms with E-state index in [1.165, 1.54) is 18.9 Å². The Kier molecular flexibility index (Phi) is 7.42. The van der Waals surface area contributed by atoms with Crippen molar-refractivity contribution in [1.29, 1.82) is 0 Å². The van der Waals surface area contributed by atoms with Gasteiger partial charge in [0, 0.05) is 6.42 Å². The normalized spacial score (nSPS) is 15.9. The van der Waals surface area contributed by atoms with Gasteiger partial charge in [0.05, 0.1) is 13.3 Å². The van der Waals surface area contributed by atoms with E-state index in [9.17, 15) is 9.59 Å². The number of aromatic nitrogens is 1. The number of esters is 1. The van der Waals surface area contributed by atoms with Gasteiger partial charge in [-0.25, -0.2) is 9.78 Å². The van der Waals surface area contributed by atoms with E-state index in [1.54, 1.807) is 6.92 Å². The summed E-state index contributed by atoms with van der Waals surface area (Å²) in [6.07, 6.45) is 3.51. The zero-order valence-corrected chi connectivity index (χ0v) is 22.0. The third kappa shape index (κ3) is 5.70. The summed E-state index contributed by atoms with van der Waals surface area (Å²) in [5, 5.41) is 3.16. The molecule has 4 aromatic rings. The third-order valence-corrected chi connectivity index (χ3v) is 7.36. The Labute approximate surface area is 225 Å². The average Bonchev–Trinajstić information content (AvgIpc) is 3.42. The van der Waals surface area contributed by atoms with Crippen LogP contribution in [0.1, 0.15) is 45.8 Å². The van der Waals surface area contributed by atoms with Crippen molar-refractivity contribution in [1.82, 2.24) is 10.3 Å². The van der Waals surface area contributed by atoms with Gasteiger partial charge >= 0.3 is 5.97 Å². The first-order valence-corrected chi connectivity index (χ1v) is 13.2. The Hall–Kier alpha value is -4.17. The van der Waals surface area contributed by atoms with Crippen molar-refractivity contribution in [2.45, 2.75) is 37.8 Å². The van der Waals surface area contributed by atoms with Crippen LogP contribution in [0.25, 0.3) is 0 Å². The van der Waals surface area contributed by atoms with Crippen molar-refractivity contribution in [2.24, 2.45) is 0 Å². The Morgan fingerprint density at radius 1 is 1.08 bits per heavy atom. The van der Waals surface area contributed by atoms with E-state index in [-0.39, 0.29) is 12.5 Å². The molecule has 1 N–H and O–H groups in total. The number of fused-ring (bicyclic) bond motifs is 1. The van der Waals surface area contributed by atoms with Crippen LogP contribution in [0.3, 0.4) is 0 Å². The highest BCUT2D eigenvalue weighted by molar-refractivity contribution is 7.15. The lowest BCUT2D eigenvalue weighted by Crippen LogP contribution is -2.54. The summed E-state index contributed by atoms with van der Waals surface area (Å²) in [5.74, 6) is 0.515. The number of nitrogens with zero attached hydrogens (tertiary/aromatic N) is 1. The van der Waals surface area contributed by atoms with Gasteiger partial charge in [-0.2, -0.15) is 0 Å². The van der Waals surface area contributed by atoms with Gasteiger partial charge in [-0.1, -0.05) is 72.0 Å². The maximum atomic E-state index is 13.1. The number of hydrogen-bond donors (Lipinski definition) is 1. The van der Waals surface area contributed by atoms with E-state index in [2.05, 4.69) is 22.4 Å². The van der Waals surface area contributed by atoms with Gasteiger partial charge < -0.3 is 19.5 Å². The second-order valence-electron chi connectivity index (χ2n) is 9.36. The molecule has 2 atom stereocenters. The average molecular weight is 529 g/mol. The molecule has 0 fully saturated rings. The van der Waals surface area contributed by atoms with Gasteiger partial charge in [-0.15, -0.1) is 0 Å². The number of thiazole rings is 1. The predicted molar refractivity (Wildman–Crippen MR) is 145 cm³/mol. The number of ether oxygens (including phenoxy) is 3. The van der Waals surface area contributed by atoms with Crippen LogP contribution in [0, 0.1) is 0 Å². The zero-order valence-electron chi connectivity index (χ0n) is 21.2. The number of amides is 1. The van der Waals surface area contributed by atoms with Gasteiger partial charge in [0.1, 0.15) is 28.0 Å². The lowest BCUT2D eigenvalue weighted by Gasteiger charge is -2.27. The molecule has 7 nitrogen and oxygen atoms in total. The predicted octanol–water partition coefficient (Wildman–Crippen LogP) is 5.91. The Balaban J connectivity index is 1.25. The van der Waals surface area contributed by atoms with Crippen LogP contribution in [0.15, 0.2) is 85.1 Å². The molecule has 194 valence electrons. The fraction of sp³-hybridized carbons (Fsp3) is 0.233. The SMILES string of the molecule is COC(=O)C(C)(Cc1ccccc1)NC(=O)c1cnc(Oc2ccc3c(c2)CC[C@@H](c2ccccc2)O3)s1. The van der Waals surface area contributed by atoms with Crippen LogP contribution in [0.5, 0.6) is 16.7 Å². The number of benzene rings is 3. The van der Waals surface area contributed by atoms with E-state index in [1.807, 2.05) is 66.7 Å². The molecule has 0 saturated carbocycles. The first-order valence-electron chi connectivity index (χ1n) is 12.4. The molecule has 8 heteroatoms. The summed E-state index contributed by atoms with van der Waals surface area (Å²) in [7, 11) is 1.31. The Morgan fingerprint density at radius 2 is 1.82 bits per heavy atom. The lowest BCUT2D eigenvalue weighted by atomic mass is 9.92. The second kappa shape index (κ2) is 11.1. The second-order valence-corrected chi connectivity index (χ2v) is 10.4. The van der Waals surface area contributed by atoms with E-state index < -0.39 is 17.4 Å². The minimum atomic E-state index is -1.24. The molecule has 0 spiro atoms. The highest BCUT2D eigenvalue weighted by Crippen LogP contribution is 2.38. The summed E-state index contributed by atoms with van der Waals surface area (Å²) < 4.78 is 17.2. The molecule has 1 aliphatic heterocycles. The summed E-state index contributed by atoms with van der Waals surface area (Å²) in [4.78, 5) is 30.2. The molecule has 1 aliphatic rings. The van der Waals surface area contributed by atoms with Gasteiger partial charge in [-0.3, -0.25) is 4.79 Å². The van der Waals surface area contributed by atoms with Crippen LogP contribution >= 0.6 is 11.3 Å². The van der Waals surface area contributed by atoms with Crippen molar-refractivity contribution in [2.75, 3.05) is 7.11 Å². The van der Waals surface area contributed by atoms with Crippen molar-refractivity contribution in [3.63, 3.8) is 0 Å². The molecule has 0 bridgehead atoms. The summed E-state index contributed by atoms with van der Waals surface area (Å²) in [5.41, 5.74) is 1.90. The van der Waals surface area contributed by atoms with Crippen LogP contribution < -0.4 is 14.8 Å². The van der Waals surface area contributed by atoms with Crippen LogP contribution in [-0.2, 0) is 22.4 Å². The van der Waals surface area contributed by atoms with Gasteiger partial charge in [0.15, 0.2) is 0 Å². The quantitative estimate of drug-likeness (QED) is 0.286. The smallest absolute Gasteiger partial charge is 0.331 e. The van der Waals surface area contributed by atoms with E-state index in [4.69, 9.17) is 14.2 Å². The van der Waals surface area contributed by atoms with E-state index >= 15 is 0 Å². The minimum absolute atomic E-state index is 0.0352. The van der Waals surface area contributed by atoms with Crippen molar-refractivity contribution in [3.8, 4) is 16.7 Å². The van der Waals surface area contributed by atoms with Crippen molar-refractivity contribution >= 4 is 23.2 Å². The number of aryl methyl sites for hydroxylation is 1. The summed E-state index contributed by atoms with van der Waals surface area (Å²) >= 11 is 1.11. The fourth-order valence-corrected chi connectivity index (χ4v) is 5.23. The van der Waals surface area contributed by atoms with Crippen LogP contribution in [0.2, 0.25) is 0 Å². The molecule has 38 heavy (non-hydrogen) atoms. The topological polar surface area (TPSA) is 86.8 Å². The standard InChI is InChI=1S/C30H28N2O5S/c1-30(28(34)35-2,18-20-9-5-3-6-10-20)32-27(33)26-19-31-29(38-26)36-23-14-16-25-22(17-23)13-15-24(37-25)21-11-7-4-8-12-21/h3-12,14,16-17,19,24H,13,15,18H2,1-2H3,(H,32,33)/t24-,30?/m0/s1. The number of carbonyl (C=O) groups is 2. The molecule has 0 saturated heterocycles. The van der Waals surface area contributed by atoms with Gasteiger partial charge in [0.25, 0.3) is 11.1 Å². The summed E-state index contributed by atoms with van der Waals surface area (Å²) in [6, 6.07) is 25.4. The largest absolute Gasteiger partial charge is 0.485 e. The molecule has 1 amide bonds. The Bertz CT molecular complexity index is 1420. The highest BCUT2D eigenvalue weighted by Gasteiger charge is 2.37. The number of methoxy groups -OCH3 is 1. The molecule has 0 aliphatic carbocycles. The molecule has 5 rings (SSSR count). The maximum absolute atomic E-state index is 13.1. The monoisotopic (exact) mass is 528 g/mol. The Morgan fingerprint density at radius 3 is 2.55 bits per heavy atom. The number of hydrogen-bond acceptors (Lipinski definition) is 7. The molecular formula is C30H28N2O5S. The molecule has 0 radical (unpaired) electrons. The van der Waals surface area contributed by atoms with E-state index in [0.29, 0.717) is 15.8 Å². The van der Waals surface area contributed by atoms with E-state index in [0.717, 1.165) is 41.1 Å². The molecule has 1 aromatic heterocycles. The first-order chi connectivity index (χ1) is 18.4. The minimum Gasteiger partial charge on any atom is -0.485 e. The van der Waals surface area contributed by atoms with Crippen LogP contribution in [0.4, 0.5) is 0 Å². The number of nitrogens with one attached hydrogen (secondary N) is 1. The van der Waals surface area contributed by atoms with Crippen molar-refractivity contribution in [3.05, 3.63) is 107 Å².